The van der Waals surface area contributed by atoms with Gasteiger partial charge in [-0.1, -0.05) is 38.0 Å². The zero-order chi connectivity index (χ0) is 19.1. The van der Waals surface area contributed by atoms with E-state index in [0.717, 1.165) is 50.2 Å². The third-order valence-corrected chi connectivity index (χ3v) is 6.27. The van der Waals surface area contributed by atoms with Crippen molar-refractivity contribution in [1.29, 1.82) is 0 Å². The number of aromatic nitrogens is 4. The van der Waals surface area contributed by atoms with E-state index >= 15 is 0 Å². The van der Waals surface area contributed by atoms with Crippen molar-refractivity contribution in [3.05, 3.63) is 51.7 Å². The molecule has 146 valence electrons. The molecular formula is C22H27N5O. The highest BCUT2D eigenvalue weighted by atomic mass is 16.1. The molecule has 28 heavy (non-hydrogen) atoms. The lowest BCUT2D eigenvalue weighted by Gasteiger charge is -2.30. The minimum absolute atomic E-state index is 0.143. The quantitative estimate of drug-likeness (QED) is 0.753. The van der Waals surface area contributed by atoms with Crippen LogP contribution in [0.5, 0.6) is 0 Å². The summed E-state index contributed by atoms with van der Waals surface area (Å²) in [6, 6.07) is 8.94. The number of nitrogens with zero attached hydrogens (tertiary/aromatic N) is 4. The fraction of sp³-hybridized carbons (Fsp3) is 0.500. The number of nitrogens with one attached hydrogen (secondary N) is 1. The van der Waals surface area contributed by atoms with Gasteiger partial charge in [0, 0.05) is 17.9 Å². The van der Waals surface area contributed by atoms with Gasteiger partial charge in [0.05, 0.1) is 12.6 Å². The summed E-state index contributed by atoms with van der Waals surface area (Å²) >= 11 is 0. The van der Waals surface area contributed by atoms with Crippen LogP contribution in [-0.2, 0) is 19.4 Å². The van der Waals surface area contributed by atoms with Crippen molar-refractivity contribution < 1.29 is 0 Å². The van der Waals surface area contributed by atoms with Crippen molar-refractivity contribution in [2.45, 2.75) is 64.5 Å². The molecule has 1 aromatic rings. The lowest BCUT2D eigenvalue weighted by molar-refractivity contribution is 0.463. The van der Waals surface area contributed by atoms with E-state index in [1.807, 2.05) is 0 Å². The van der Waals surface area contributed by atoms with Crippen molar-refractivity contribution in [2.24, 2.45) is 0 Å². The number of aromatic amines is 1. The lowest BCUT2D eigenvalue weighted by atomic mass is 10.0. The summed E-state index contributed by atoms with van der Waals surface area (Å²) in [4.78, 5) is 24.5. The fourth-order valence-electron chi connectivity index (χ4n) is 4.86. The SMILES string of the molecule is CCc1[nH]n(C2CCCC2)c2nc(CN3CCCc4ccccc43)nc(=O)c1-2. The first-order valence-electron chi connectivity index (χ1n) is 10.6. The zero-order valence-electron chi connectivity index (χ0n) is 16.4. The average molecular weight is 377 g/mol. The first kappa shape index (κ1) is 17.5. The maximum Gasteiger partial charge on any atom is 0.284 e. The van der Waals surface area contributed by atoms with Crippen LogP contribution in [0.1, 0.15) is 62.2 Å². The van der Waals surface area contributed by atoms with Crippen molar-refractivity contribution in [3.8, 4) is 11.4 Å². The van der Waals surface area contributed by atoms with Crippen LogP contribution >= 0.6 is 0 Å². The Morgan fingerprint density at radius 2 is 1.96 bits per heavy atom. The van der Waals surface area contributed by atoms with Crippen molar-refractivity contribution in [2.75, 3.05) is 11.4 Å². The summed E-state index contributed by atoms with van der Waals surface area (Å²) in [5.41, 5.74) is 4.11. The third-order valence-electron chi connectivity index (χ3n) is 6.27. The summed E-state index contributed by atoms with van der Waals surface area (Å²) in [7, 11) is 0. The second-order valence-corrected chi connectivity index (χ2v) is 8.05. The van der Waals surface area contributed by atoms with E-state index in [2.05, 4.69) is 50.9 Å². The van der Waals surface area contributed by atoms with Crippen LogP contribution in [0.4, 0.5) is 5.69 Å². The van der Waals surface area contributed by atoms with Crippen LogP contribution in [0.2, 0.25) is 0 Å². The molecular weight excluding hydrogens is 350 g/mol. The molecule has 0 radical (unpaired) electrons. The van der Waals surface area contributed by atoms with E-state index in [-0.39, 0.29) is 5.56 Å². The number of rotatable bonds is 4. The van der Waals surface area contributed by atoms with Gasteiger partial charge >= 0.3 is 0 Å². The van der Waals surface area contributed by atoms with Gasteiger partial charge < -0.3 is 4.90 Å². The average Bonchev–Trinajstić information content (AvgIpc) is 3.36. The Morgan fingerprint density at radius 3 is 2.79 bits per heavy atom. The molecule has 4 aliphatic rings. The number of hydrogen-bond acceptors (Lipinski definition) is 4. The summed E-state index contributed by atoms with van der Waals surface area (Å²) in [6.45, 7) is 3.63. The maximum atomic E-state index is 12.9. The Labute approximate surface area is 164 Å². The Morgan fingerprint density at radius 1 is 1.14 bits per heavy atom. The van der Waals surface area contributed by atoms with Gasteiger partial charge in [-0.3, -0.25) is 14.6 Å². The van der Waals surface area contributed by atoms with Gasteiger partial charge in [-0.2, -0.15) is 4.98 Å². The molecule has 1 saturated carbocycles. The molecule has 1 aliphatic carbocycles. The van der Waals surface area contributed by atoms with E-state index in [4.69, 9.17) is 4.98 Å². The first-order chi connectivity index (χ1) is 13.7. The molecule has 0 aromatic heterocycles. The number of benzene rings is 1. The van der Waals surface area contributed by atoms with Crippen LogP contribution in [-0.4, -0.2) is 26.3 Å². The second kappa shape index (κ2) is 7.08. The predicted octanol–water partition coefficient (Wildman–Crippen LogP) is 3.70. The van der Waals surface area contributed by atoms with Crippen molar-refractivity contribution >= 4 is 5.69 Å². The molecule has 3 heterocycles. The highest BCUT2D eigenvalue weighted by Crippen LogP contribution is 2.34. The molecule has 3 aliphatic heterocycles. The number of hydrogen-bond donors (Lipinski definition) is 1. The normalized spacial score (nSPS) is 17.4. The van der Waals surface area contributed by atoms with Crippen LogP contribution in [0.15, 0.2) is 29.1 Å². The van der Waals surface area contributed by atoms with E-state index in [9.17, 15) is 4.79 Å². The van der Waals surface area contributed by atoms with Crippen LogP contribution < -0.4 is 10.5 Å². The largest absolute Gasteiger partial charge is 0.364 e. The molecule has 5 rings (SSSR count). The zero-order valence-corrected chi connectivity index (χ0v) is 16.4. The standard InChI is InChI=1S/C22H27N5O/c1-2-17-20-21(27(25-17)16-10-4-5-11-16)23-19(24-22(20)28)14-26-13-7-9-15-8-3-6-12-18(15)26/h3,6,8,12,16,25H,2,4-5,7,9-11,13-14H2,1H3. The monoisotopic (exact) mass is 377 g/mol. The van der Waals surface area contributed by atoms with E-state index in [0.29, 0.717) is 24.0 Å². The second-order valence-electron chi connectivity index (χ2n) is 8.05. The van der Waals surface area contributed by atoms with Crippen molar-refractivity contribution in [3.63, 3.8) is 0 Å². The summed E-state index contributed by atoms with van der Waals surface area (Å²) in [5.74, 6) is 1.42. The molecule has 0 amide bonds. The first-order valence-corrected chi connectivity index (χ1v) is 10.6. The minimum Gasteiger partial charge on any atom is -0.364 e. The Balaban J connectivity index is 1.55. The molecule has 0 unspecified atom stereocenters. The van der Waals surface area contributed by atoms with Gasteiger partial charge in [-0.25, -0.2) is 4.98 Å². The molecule has 1 N–H and O–H groups in total. The van der Waals surface area contributed by atoms with Gasteiger partial charge in [0.2, 0.25) is 0 Å². The molecule has 6 nitrogen and oxygen atoms in total. The Hall–Kier alpha value is -2.63. The smallest absolute Gasteiger partial charge is 0.284 e. The van der Waals surface area contributed by atoms with Gasteiger partial charge in [0.1, 0.15) is 5.56 Å². The van der Waals surface area contributed by atoms with Gasteiger partial charge in [0.15, 0.2) is 11.6 Å². The molecule has 1 aromatic carbocycles. The van der Waals surface area contributed by atoms with Crippen LogP contribution in [0.3, 0.4) is 0 Å². The van der Waals surface area contributed by atoms with Crippen LogP contribution in [0.25, 0.3) is 11.4 Å². The van der Waals surface area contributed by atoms with Gasteiger partial charge in [0.25, 0.3) is 5.56 Å². The number of anilines is 1. The Kier molecular flexibility index (Phi) is 4.41. The van der Waals surface area contributed by atoms with E-state index in [1.54, 1.807) is 0 Å². The molecule has 0 atom stereocenters. The third kappa shape index (κ3) is 2.91. The number of fused-ring (bicyclic) bond motifs is 2. The molecule has 0 spiro atoms. The predicted molar refractivity (Wildman–Crippen MR) is 110 cm³/mol. The number of aryl methyl sites for hydroxylation is 2. The minimum atomic E-state index is -0.143. The number of H-pyrrole nitrogens is 1. The van der Waals surface area contributed by atoms with E-state index in [1.165, 1.54) is 24.1 Å². The van der Waals surface area contributed by atoms with Crippen molar-refractivity contribution in [1.82, 2.24) is 19.7 Å². The van der Waals surface area contributed by atoms with E-state index < -0.39 is 0 Å². The molecule has 0 saturated heterocycles. The lowest BCUT2D eigenvalue weighted by Crippen LogP contribution is -2.31. The fourth-order valence-corrected chi connectivity index (χ4v) is 4.86. The molecule has 0 bridgehead atoms. The Bertz CT molecular complexity index is 1010. The number of para-hydroxylation sites is 1. The highest BCUT2D eigenvalue weighted by Gasteiger charge is 2.28. The molecule has 1 fully saturated rings. The summed E-state index contributed by atoms with van der Waals surface area (Å²) in [6.07, 6.45) is 7.80. The summed E-state index contributed by atoms with van der Waals surface area (Å²) < 4.78 is 2.15. The summed E-state index contributed by atoms with van der Waals surface area (Å²) in [5, 5.41) is 3.47. The van der Waals surface area contributed by atoms with Gasteiger partial charge in [-0.05, 0) is 43.7 Å². The molecule has 6 heteroatoms. The maximum absolute atomic E-state index is 12.9. The van der Waals surface area contributed by atoms with Gasteiger partial charge in [-0.15, -0.1) is 0 Å². The van der Waals surface area contributed by atoms with Crippen LogP contribution in [0, 0.1) is 0 Å². The highest BCUT2D eigenvalue weighted by molar-refractivity contribution is 5.60. The topological polar surface area (TPSA) is 66.8 Å².